The Kier molecular flexibility index (Phi) is 3.61. The predicted molar refractivity (Wildman–Crippen MR) is 85.2 cm³/mol. The van der Waals surface area contributed by atoms with Crippen LogP contribution in [0.5, 0.6) is 0 Å². The Balaban J connectivity index is 1.97. The van der Waals surface area contributed by atoms with Gasteiger partial charge in [0.2, 0.25) is 10.0 Å². The molecule has 0 N–H and O–H groups in total. The first-order chi connectivity index (χ1) is 10.3. The molecule has 0 fully saturated rings. The second-order valence-corrected chi connectivity index (χ2v) is 7.91. The van der Waals surface area contributed by atoms with Gasteiger partial charge in [-0.25, -0.2) is 8.42 Å². The Labute approximate surface area is 131 Å². The lowest BCUT2D eigenvalue weighted by atomic mass is 10.1. The molecule has 2 heterocycles. The molecule has 0 spiro atoms. The van der Waals surface area contributed by atoms with E-state index in [1.165, 1.54) is 5.56 Å². The van der Waals surface area contributed by atoms with Gasteiger partial charge in [-0.3, -0.25) is 4.68 Å². The van der Waals surface area contributed by atoms with Crippen LogP contribution < -0.4 is 0 Å². The Morgan fingerprint density at radius 1 is 1.14 bits per heavy atom. The van der Waals surface area contributed by atoms with Gasteiger partial charge < -0.3 is 0 Å². The van der Waals surface area contributed by atoms with Crippen molar-refractivity contribution >= 4 is 10.0 Å². The molecule has 0 unspecified atom stereocenters. The predicted octanol–water partition coefficient (Wildman–Crippen LogP) is 2.09. The number of rotatable bonds is 2. The van der Waals surface area contributed by atoms with Crippen LogP contribution in [0.1, 0.15) is 28.1 Å². The molecule has 0 bridgehead atoms. The fourth-order valence-corrected chi connectivity index (χ4v) is 4.47. The average Bonchev–Trinajstić information content (AvgIpc) is 2.76. The number of benzene rings is 1. The highest BCUT2D eigenvalue weighted by molar-refractivity contribution is 7.89. The topological polar surface area (TPSA) is 55.2 Å². The van der Waals surface area contributed by atoms with E-state index in [9.17, 15) is 8.42 Å². The first-order valence-corrected chi connectivity index (χ1v) is 8.83. The zero-order valence-corrected chi connectivity index (χ0v) is 14.2. The molecule has 118 valence electrons. The molecule has 0 amide bonds. The third kappa shape index (κ3) is 2.36. The van der Waals surface area contributed by atoms with Crippen LogP contribution >= 0.6 is 0 Å². The standard InChI is InChI=1S/C16H21N3O2S/c1-11-5-6-14(9-12(11)2)22(20,21)19-8-7-15-13(3)17-18(4)16(15)10-19/h5-6,9H,7-8,10H2,1-4H3. The van der Waals surface area contributed by atoms with Crippen LogP contribution in [0.15, 0.2) is 23.1 Å². The van der Waals surface area contributed by atoms with Crippen LogP contribution in [0.4, 0.5) is 0 Å². The summed E-state index contributed by atoms with van der Waals surface area (Å²) in [7, 11) is -1.59. The van der Waals surface area contributed by atoms with Crippen LogP contribution in [-0.2, 0) is 30.0 Å². The van der Waals surface area contributed by atoms with Gasteiger partial charge in [0, 0.05) is 13.6 Å². The third-order valence-corrected chi connectivity index (χ3v) is 6.37. The summed E-state index contributed by atoms with van der Waals surface area (Å²) in [6, 6.07) is 5.32. The lowest BCUT2D eigenvalue weighted by Crippen LogP contribution is -2.36. The molecule has 5 nitrogen and oxygen atoms in total. The van der Waals surface area contributed by atoms with Crippen molar-refractivity contribution < 1.29 is 8.42 Å². The zero-order valence-electron chi connectivity index (χ0n) is 13.4. The maximum Gasteiger partial charge on any atom is 0.243 e. The Bertz CT molecular complexity index is 837. The summed E-state index contributed by atoms with van der Waals surface area (Å²) in [4.78, 5) is 0.373. The second kappa shape index (κ2) is 5.21. The van der Waals surface area contributed by atoms with E-state index in [1.807, 2.05) is 33.9 Å². The van der Waals surface area contributed by atoms with Crippen molar-refractivity contribution in [3.8, 4) is 0 Å². The maximum atomic E-state index is 12.9. The van der Waals surface area contributed by atoms with Crippen molar-refractivity contribution in [2.24, 2.45) is 7.05 Å². The minimum atomic E-state index is -3.46. The van der Waals surface area contributed by atoms with Gasteiger partial charge >= 0.3 is 0 Å². The number of nitrogens with zero attached hydrogens (tertiary/aromatic N) is 3. The van der Waals surface area contributed by atoms with Crippen LogP contribution in [0, 0.1) is 20.8 Å². The molecule has 2 aromatic rings. The van der Waals surface area contributed by atoms with E-state index in [0.29, 0.717) is 18.0 Å². The lowest BCUT2D eigenvalue weighted by Gasteiger charge is -2.27. The van der Waals surface area contributed by atoms with Crippen molar-refractivity contribution in [1.29, 1.82) is 0 Å². The van der Waals surface area contributed by atoms with Crippen molar-refractivity contribution in [2.75, 3.05) is 6.54 Å². The number of hydrogen-bond donors (Lipinski definition) is 0. The summed E-state index contributed by atoms with van der Waals surface area (Å²) in [6.07, 6.45) is 0.721. The molecule has 0 atom stereocenters. The van der Waals surface area contributed by atoms with Gasteiger partial charge in [0.1, 0.15) is 0 Å². The molecular formula is C16H21N3O2S. The summed E-state index contributed by atoms with van der Waals surface area (Å²) in [6.45, 7) is 6.80. The molecule has 0 saturated heterocycles. The molecular weight excluding hydrogens is 298 g/mol. The Morgan fingerprint density at radius 3 is 2.55 bits per heavy atom. The van der Waals surface area contributed by atoms with E-state index < -0.39 is 10.0 Å². The summed E-state index contributed by atoms with van der Waals surface area (Å²) in [5.74, 6) is 0. The molecule has 0 saturated carbocycles. The first kappa shape index (κ1) is 15.2. The average molecular weight is 319 g/mol. The van der Waals surface area contributed by atoms with Gasteiger partial charge in [0.25, 0.3) is 0 Å². The summed E-state index contributed by atoms with van der Waals surface area (Å²) >= 11 is 0. The highest BCUT2D eigenvalue weighted by Gasteiger charge is 2.31. The number of hydrogen-bond acceptors (Lipinski definition) is 3. The van der Waals surface area contributed by atoms with E-state index >= 15 is 0 Å². The second-order valence-electron chi connectivity index (χ2n) is 5.97. The van der Waals surface area contributed by atoms with Crippen molar-refractivity contribution in [1.82, 2.24) is 14.1 Å². The van der Waals surface area contributed by atoms with Crippen molar-refractivity contribution in [3.05, 3.63) is 46.3 Å². The Hall–Kier alpha value is -1.66. The largest absolute Gasteiger partial charge is 0.271 e. The minimum Gasteiger partial charge on any atom is -0.271 e. The molecule has 1 aliphatic rings. The molecule has 1 aliphatic heterocycles. The molecule has 22 heavy (non-hydrogen) atoms. The smallest absolute Gasteiger partial charge is 0.243 e. The SMILES string of the molecule is Cc1ccc(S(=O)(=O)N2CCc3c(C)nn(C)c3C2)cc1C. The number of sulfonamides is 1. The van der Waals surface area contributed by atoms with Gasteiger partial charge in [-0.1, -0.05) is 6.07 Å². The molecule has 3 rings (SSSR count). The quantitative estimate of drug-likeness (QED) is 0.852. The fourth-order valence-electron chi connectivity index (χ4n) is 2.98. The number of fused-ring (bicyclic) bond motifs is 1. The Morgan fingerprint density at radius 2 is 1.86 bits per heavy atom. The van der Waals surface area contributed by atoms with Gasteiger partial charge in [-0.05, 0) is 56.0 Å². The monoisotopic (exact) mass is 319 g/mol. The summed E-state index contributed by atoms with van der Waals surface area (Å²) < 4.78 is 29.1. The fraction of sp³-hybridized carbons (Fsp3) is 0.438. The van der Waals surface area contributed by atoms with Crippen molar-refractivity contribution in [2.45, 2.75) is 38.6 Å². The van der Waals surface area contributed by atoms with Crippen LogP contribution in [0.2, 0.25) is 0 Å². The third-order valence-electron chi connectivity index (χ3n) is 4.53. The summed E-state index contributed by atoms with van der Waals surface area (Å²) in [5.41, 5.74) is 5.28. The molecule has 6 heteroatoms. The molecule has 0 radical (unpaired) electrons. The minimum absolute atomic E-state index is 0.373. The molecule has 1 aromatic heterocycles. The van der Waals surface area contributed by atoms with Gasteiger partial charge in [0.05, 0.1) is 22.8 Å². The lowest BCUT2D eigenvalue weighted by molar-refractivity contribution is 0.379. The van der Waals surface area contributed by atoms with Crippen LogP contribution in [0.3, 0.4) is 0 Å². The van der Waals surface area contributed by atoms with E-state index in [4.69, 9.17) is 0 Å². The number of aryl methyl sites for hydroxylation is 4. The van der Waals surface area contributed by atoms with E-state index in [0.717, 1.165) is 28.9 Å². The van der Waals surface area contributed by atoms with E-state index in [1.54, 1.807) is 21.1 Å². The van der Waals surface area contributed by atoms with E-state index in [2.05, 4.69) is 5.10 Å². The highest BCUT2D eigenvalue weighted by atomic mass is 32.2. The van der Waals surface area contributed by atoms with E-state index in [-0.39, 0.29) is 0 Å². The van der Waals surface area contributed by atoms with Crippen LogP contribution in [-0.4, -0.2) is 29.0 Å². The first-order valence-electron chi connectivity index (χ1n) is 7.39. The van der Waals surface area contributed by atoms with Gasteiger partial charge in [-0.2, -0.15) is 9.40 Å². The van der Waals surface area contributed by atoms with Crippen molar-refractivity contribution in [3.63, 3.8) is 0 Å². The maximum absolute atomic E-state index is 12.9. The zero-order chi connectivity index (χ0) is 16.1. The van der Waals surface area contributed by atoms with Gasteiger partial charge in [-0.15, -0.1) is 0 Å². The molecule has 1 aromatic carbocycles. The summed E-state index contributed by atoms with van der Waals surface area (Å²) in [5, 5.41) is 4.40. The van der Waals surface area contributed by atoms with Gasteiger partial charge in [0.15, 0.2) is 0 Å². The highest BCUT2D eigenvalue weighted by Crippen LogP contribution is 2.27. The normalized spacial score (nSPS) is 15.8. The molecule has 0 aliphatic carbocycles. The van der Waals surface area contributed by atoms with Crippen LogP contribution in [0.25, 0.3) is 0 Å². The number of aromatic nitrogens is 2.